The van der Waals surface area contributed by atoms with Crippen LogP contribution in [-0.4, -0.2) is 18.6 Å². The molecule has 96 valence electrons. The number of aromatic nitrogens is 1. The molecular formula is C15H20N2O. The van der Waals surface area contributed by atoms with E-state index < -0.39 is 0 Å². The Morgan fingerprint density at radius 3 is 2.61 bits per heavy atom. The summed E-state index contributed by atoms with van der Waals surface area (Å²) in [6, 6.07) is 4.16. The lowest BCUT2D eigenvalue weighted by molar-refractivity contribution is 0.419. The highest BCUT2D eigenvalue weighted by molar-refractivity contribution is 5.93. The van der Waals surface area contributed by atoms with Crippen LogP contribution in [0.25, 0.3) is 10.9 Å². The average Bonchev–Trinajstić information content (AvgIpc) is 3.07. The molecule has 0 saturated heterocycles. The van der Waals surface area contributed by atoms with Gasteiger partial charge in [0.25, 0.3) is 0 Å². The first-order chi connectivity index (χ1) is 8.63. The molecule has 0 atom stereocenters. The molecule has 1 aliphatic rings. The van der Waals surface area contributed by atoms with Crippen molar-refractivity contribution in [3.05, 3.63) is 29.0 Å². The minimum Gasteiger partial charge on any atom is -0.495 e. The highest BCUT2D eigenvalue weighted by Crippen LogP contribution is 2.52. The van der Waals surface area contributed by atoms with Gasteiger partial charge in [-0.3, -0.25) is 0 Å². The molecule has 0 bridgehead atoms. The van der Waals surface area contributed by atoms with Crippen LogP contribution in [0.5, 0.6) is 5.75 Å². The zero-order valence-electron chi connectivity index (χ0n) is 11.3. The van der Waals surface area contributed by atoms with Gasteiger partial charge in [0, 0.05) is 23.0 Å². The Morgan fingerprint density at radius 1 is 1.33 bits per heavy atom. The zero-order valence-corrected chi connectivity index (χ0v) is 11.3. The fourth-order valence-electron chi connectivity index (χ4n) is 3.11. The molecule has 3 rings (SSSR count). The molecule has 0 spiro atoms. The lowest BCUT2D eigenvalue weighted by Crippen LogP contribution is -2.20. The van der Waals surface area contributed by atoms with E-state index in [9.17, 15) is 0 Å². The smallest absolute Gasteiger partial charge is 0.142 e. The monoisotopic (exact) mass is 244 g/mol. The number of H-pyrrole nitrogens is 1. The van der Waals surface area contributed by atoms with Crippen LogP contribution in [0, 0.1) is 13.8 Å². The van der Waals surface area contributed by atoms with Crippen molar-refractivity contribution in [2.75, 3.05) is 13.7 Å². The van der Waals surface area contributed by atoms with Crippen molar-refractivity contribution in [1.29, 1.82) is 0 Å². The van der Waals surface area contributed by atoms with Crippen LogP contribution >= 0.6 is 0 Å². The van der Waals surface area contributed by atoms with Gasteiger partial charge < -0.3 is 15.5 Å². The Hall–Kier alpha value is -1.48. The van der Waals surface area contributed by atoms with Crippen LogP contribution in [0.1, 0.15) is 29.7 Å². The fourth-order valence-corrected chi connectivity index (χ4v) is 3.11. The number of hydrogen-bond donors (Lipinski definition) is 2. The number of ether oxygens (including phenoxy) is 1. The molecule has 18 heavy (non-hydrogen) atoms. The van der Waals surface area contributed by atoms with Crippen molar-refractivity contribution in [1.82, 2.24) is 4.98 Å². The number of benzene rings is 1. The second-order valence-corrected chi connectivity index (χ2v) is 5.44. The Labute approximate surface area is 107 Å². The molecule has 2 aromatic rings. The summed E-state index contributed by atoms with van der Waals surface area (Å²) in [6.07, 6.45) is 2.40. The van der Waals surface area contributed by atoms with Gasteiger partial charge in [0.05, 0.1) is 12.6 Å². The Bertz CT molecular complexity index is 608. The SMILES string of the molecule is COc1ccc(C)c2c(C3(CN)CC3)c(C)[nH]c12. The summed E-state index contributed by atoms with van der Waals surface area (Å²) < 4.78 is 5.46. The number of rotatable bonds is 3. The van der Waals surface area contributed by atoms with E-state index in [-0.39, 0.29) is 5.41 Å². The molecule has 3 N–H and O–H groups in total. The predicted octanol–water partition coefficient (Wildman–Crippen LogP) is 2.78. The van der Waals surface area contributed by atoms with Gasteiger partial charge in [-0.2, -0.15) is 0 Å². The van der Waals surface area contributed by atoms with Crippen LogP contribution in [-0.2, 0) is 5.41 Å². The molecule has 0 radical (unpaired) electrons. The summed E-state index contributed by atoms with van der Waals surface area (Å²) in [6.45, 7) is 5.03. The van der Waals surface area contributed by atoms with E-state index in [1.165, 1.54) is 35.0 Å². The van der Waals surface area contributed by atoms with Crippen molar-refractivity contribution < 1.29 is 4.74 Å². The van der Waals surface area contributed by atoms with Crippen LogP contribution in [0.4, 0.5) is 0 Å². The van der Waals surface area contributed by atoms with Gasteiger partial charge >= 0.3 is 0 Å². The lowest BCUT2D eigenvalue weighted by Gasteiger charge is -2.14. The number of fused-ring (bicyclic) bond motifs is 1. The van der Waals surface area contributed by atoms with E-state index >= 15 is 0 Å². The molecule has 1 heterocycles. The van der Waals surface area contributed by atoms with Gasteiger partial charge in [0.1, 0.15) is 5.75 Å². The number of nitrogens with two attached hydrogens (primary N) is 1. The third-order valence-electron chi connectivity index (χ3n) is 4.31. The molecule has 1 aromatic carbocycles. The highest BCUT2D eigenvalue weighted by Gasteiger charge is 2.45. The quantitative estimate of drug-likeness (QED) is 0.872. The average molecular weight is 244 g/mol. The zero-order chi connectivity index (χ0) is 12.9. The van der Waals surface area contributed by atoms with E-state index in [1.54, 1.807) is 7.11 Å². The summed E-state index contributed by atoms with van der Waals surface area (Å²) in [4.78, 5) is 3.49. The van der Waals surface area contributed by atoms with Crippen molar-refractivity contribution in [2.45, 2.75) is 32.1 Å². The largest absolute Gasteiger partial charge is 0.495 e. The molecule has 1 saturated carbocycles. The van der Waals surface area contributed by atoms with Crippen molar-refractivity contribution in [3.63, 3.8) is 0 Å². The molecule has 0 unspecified atom stereocenters. The van der Waals surface area contributed by atoms with Crippen LogP contribution in [0.3, 0.4) is 0 Å². The normalized spacial score (nSPS) is 17.1. The predicted molar refractivity (Wildman–Crippen MR) is 74.3 cm³/mol. The van der Waals surface area contributed by atoms with Gasteiger partial charge in [-0.25, -0.2) is 0 Å². The second kappa shape index (κ2) is 3.75. The first kappa shape index (κ1) is 11.6. The first-order valence-electron chi connectivity index (χ1n) is 6.49. The Balaban J connectivity index is 2.35. The van der Waals surface area contributed by atoms with Gasteiger partial charge in [-0.15, -0.1) is 0 Å². The lowest BCUT2D eigenvalue weighted by atomic mass is 9.91. The Kier molecular flexibility index (Phi) is 2.42. The van der Waals surface area contributed by atoms with E-state index in [0.29, 0.717) is 0 Å². The molecule has 0 amide bonds. The fraction of sp³-hybridized carbons (Fsp3) is 0.467. The topological polar surface area (TPSA) is 51.0 Å². The third kappa shape index (κ3) is 1.40. The van der Waals surface area contributed by atoms with Gasteiger partial charge in [-0.1, -0.05) is 6.07 Å². The molecule has 3 heteroatoms. The number of nitrogens with one attached hydrogen (secondary N) is 1. The van der Waals surface area contributed by atoms with Crippen LogP contribution in [0.15, 0.2) is 12.1 Å². The van der Waals surface area contributed by atoms with Crippen molar-refractivity contribution >= 4 is 10.9 Å². The summed E-state index contributed by atoms with van der Waals surface area (Å²) >= 11 is 0. The first-order valence-corrected chi connectivity index (χ1v) is 6.49. The molecular weight excluding hydrogens is 224 g/mol. The Morgan fingerprint density at radius 2 is 2.06 bits per heavy atom. The number of methoxy groups -OCH3 is 1. The second-order valence-electron chi connectivity index (χ2n) is 5.44. The minimum absolute atomic E-state index is 0.208. The van der Waals surface area contributed by atoms with Crippen LogP contribution in [0.2, 0.25) is 0 Å². The van der Waals surface area contributed by atoms with E-state index in [4.69, 9.17) is 10.5 Å². The summed E-state index contributed by atoms with van der Waals surface area (Å²) in [5.41, 5.74) is 11.3. The van der Waals surface area contributed by atoms with E-state index in [0.717, 1.165) is 17.8 Å². The summed E-state index contributed by atoms with van der Waals surface area (Å²) in [5, 5.41) is 1.31. The van der Waals surface area contributed by atoms with Crippen molar-refractivity contribution in [2.24, 2.45) is 5.73 Å². The maximum absolute atomic E-state index is 6.00. The third-order valence-corrected chi connectivity index (χ3v) is 4.31. The maximum Gasteiger partial charge on any atom is 0.142 e. The molecule has 1 aliphatic carbocycles. The molecule has 1 aromatic heterocycles. The van der Waals surface area contributed by atoms with Gasteiger partial charge in [0.15, 0.2) is 0 Å². The standard InChI is InChI=1S/C15H20N2O/c1-9-4-5-11(18-3)14-12(9)13(10(2)17-14)15(8-16)6-7-15/h4-5,17H,6-8,16H2,1-3H3. The molecule has 0 aliphatic heterocycles. The summed E-state index contributed by atoms with van der Waals surface area (Å²) in [5.74, 6) is 0.915. The number of aromatic amines is 1. The van der Waals surface area contributed by atoms with E-state index in [2.05, 4.69) is 24.9 Å². The van der Waals surface area contributed by atoms with Crippen molar-refractivity contribution in [3.8, 4) is 5.75 Å². The minimum atomic E-state index is 0.208. The number of hydrogen-bond acceptors (Lipinski definition) is 2. The van der Waals surface area contributed by atoms with Gasteiger partial charge in [0.2, 0.25) is 0 Å². The maximum atomic E-state index is 6.00. The van der Waals surface area contributed by atoms with E-state index in [1.807, 2.05) is 6.07 Å². The number of aryl methyl sites for hydroxylation is 2. The van der Waals surface area contributed by atoms with Gasteiger partial charge in [-0.05, 0) is 43.9 Å². The van der Waals surface area contributed by atoms with Crippen LogP contribution < -0.4 is 10.5 Å². The molecule has 1 fully saturated rings. The highest BCUT2D eigenvalue weighted by atomic mass is 16.5. The molecule has 3 nitrogen and oxygen atoms in total. The summed E-state index contributed by atoms with van der Waals surface area (Å²) in [7, 11) is 1.72.